The average Bonchev–Trinajstić information content (AvgIpc) is 2.36. The normalized spacial score (nSPS) is 22.9. The molecule has 0 saturated carbocycles. The summed E-state index contributed by atoms with van der Waals surface area (Å²) in [5, 5.41) is 3.41. The third-order valence-corrected chi connectivity index (χ3v) is 4.45. The van der Waals surface area contributed by atoms with Crippen molar-refractivity contribution in [3.63, 3.8) is 0 Å². The number of piperazine rings is 1. The second-order valence-corrected chi connectivity index (χ2v) is 6.18. The Hall–Kier alpha value is -0.420. The van der Waals surface area contributed by atoms with Crippen molar-refractivity contribution in [3.05, 3.63) is 34.3 Å². The maximum absolute atomic E-state index is 3.48. The monoisotopic (exact) mass is 309 g/mol. The molecule has 2 aliphatic heterocycles. The number of likely N-dealkylation sites (tertiary alicyclic amines) is 1. The Bertz CT molecular complexity index is 381. The summed E-state index contributed by atoms with van der Waals surface area (Å²) in [7, 11) is 0. The molecule has 0 spiro atoms. The van der Waals surface area contributed by atoms with Gasteiger partial charge in [-0.15, -0.1) is 0 Å². The zero-order chi connectivity index (χ0) is 12.4. The summed E-state index contributed by atoms with van der Waals surface area (Å²) in [6.07, 6.45) is 0. The lowest BCUT2D eigenvalue weighted by molar-refractivity contribution is 0.0223. The minimum atomic E-state index is 0.794. The Kier molecular flexibility index (Phi) is 3.99. The number of hydrogen-bond donors (Lipinski definition) is 1. The predicted molar refractivity (Wildman–Crippen MR) is 77.6 cm³/mol. The molecular weight excluding hydrogens is 290 g/mol. The van der Waals surface area contributed by atoms with Gasteiger partial charge in [-0.3, -0.25) is 9.80 Å². The van der Waals surface area contributed by atoms with Crippen molar-refractivity contribution in [2.24, 2.45) is 0 Å². The molecular formula is C14H20BrN3. The fraction of sp³-hybridized carbons (Fsp3) is 0.571. The summed E-state index contributed by atoms with van der Waals surface area (Å²) in [6.45, 7) is 8.31. The maximum atomic E-state index is 3.48. The van der Waals surface area contributed by atoms with Crippen LogP contribution in [0.1, 0.15) is 5.56 Å². The summed E-state index contributed by atoms with van der Waals surface area (Å²) < 4.78 is 1.16. The molecule has 3 nitrogen and oxygen atoms in total. The summed E-state index contributed by atoms with van der Waals surface area (Å²) in [5.41, 5.74) is 1.41. The molecule has 2 aliphatic rings. The Balaban J connectivity index is 1.46. The van der Waals surface area contributed by atoms with E-state index < -0.39 is 0 Å². The van der Waals surface area contributed by atoms with Gasteiger partial charge in [-0.1, -0.05) is 28.1 Å². The number of rotatable bonds is 3. The van der Waals surface area contributed by atoms with Crippen LogP contribution in [0.15, 0.2) is 28.7 Å². The highest BCUT2D eigenvalue weighted by atomic mass is 79.9. The molecule has 1 aromatic rings. The van der Waals surface area contributed by atoms with Crippen molar-refractivity contribution in [1.29, 1.82) is 0 Å². The van der Waals surface area contributed by atoms with Crippen molar-refractivity contribution < 1.29 is 0 Å². The summed E-state index contributed by atoms with van der Waals surface area (Å²) >= 11 is 3.48. The third kappa shape index (κ3) is 2.94. The number of hydrogen-bond acceptors (Lipinski definition) is 3. The number of nitrogens with zero attached hydrogens (tertiary/aromatic N) is 2. The molecule has 0 amide bonds. The van der Waals surface area contributed by atoms with E-state index in [0.717, 1.165) is 30.1 Å². The van der Waals surface area contributed by atoms with Gasteiger partial charge >= 0.3 is 0 Å². The van der Waals surface area contributed by atoms with Gasteiger partial charge in [-0.2, -0.15) is 0 Å². The van der Waals surface area contributed by atoms with E-state index in [0.29, 0.717) is 0 Å². The lowest BCUT2D eigenvalue weighted by Crippen LogP contribution is -2.62. The molecule has 0 bridgehead atoms. The molecule has 3 rings (SSSR count). The van der Waals surface area contributed by atoms with Crippen LogP contribution in [0.3, 0.4) is 0 Å². The van der Waals surface area contributed by atoms with Gasteiger partial charge < -0.3 is 5.32 Å². The van der Waals surface area contributed by atoms with Crippen LogP contribution in [-0.4, -0.2) is 55.1 Å². The molecule has 4 heteroatoms. The first kappa shape index (κ1) is 12.6. The Labute approximate surface area is 117 Å². The van der Waals surface area contributed by atoms with Gasteiger partial charge in [0.05, 0.1) is 0 Å². The average molecular weight is 310 g/mol. The van der Waals surface area contributed by atoms with Crippen molar-refractivity contribution in [2.75, 3.05) is 39.3 Å². The second-order valence-electron chi connectivity index (χ2n) is 5.26. The number of nitrogens with one attached hydrogen (secondary N) is 1. The van der Waals surface area contributed by atoms with E-state index >= 15 is 0 Å². The SMILES string of the molecule is Brc1ccc(CN2CC(N3CCNCC3)C2)cc1. The predicted octanol–water partition coefficient (Wildman–Crippen LogP) is 1.54. The van der Waals surface area contributed by atoms with Crippen molar-refractivity contribution in [3.8, 4) is 0 Å². The molecule has 0 atom stereocenters. The Morgan fingerprint density at radius 2 is 1.78 bits per heavy atom. The first-order valence-electron chi connectivity index (χ1n) is 6.73. The van der Waals surface area contributed by atoms with Gasteiger partial charge in [0.2, 0.25) is 0 Å². The van der Waals surface area contributed by atoms with Crippen molar-refractivity contribution in [1.82, 2.24) is 15.1 Å². The van der Waals surface area contributed by atoms with Crippen LogP contribution < -0.4 is 5.32 Å². The fourth-order valence-corrected chi connectivity index (χ4v) is 3.06. The van der Waals surface area contributed by atoms with Gasteiger partial charge in [0, 0.05) is 56.3 Å². The molecule has 98 valence electrons. The quantitative estimate of drug-likeness (QED) is 0.914. The standard InChI is InChI=1S/C14H20BrN3/c15-13-3-1-12(2-4-13)9-17-10-14(11-17)18-7-5-16-6-8-18/h1-4,14,16H,5-11H2. The highest BCUT2D eigenvalue weighted by Gasteiger charge is 2.31. The lowest BCUT2D eigenvalue weighted by Gasteiger charge is -2.46. The summed E-state index contributed by atoms with van der Waals surface area (Å²) in [4.78, 5) is 5.17. The molecule has 0 aliphatic carbocycles. The van der Waals surface area contributed by atoms with E-state index in [1.54, 1.807) is 0 Å². The topological polar surface area (TPSA) is 18.5 Å². The van der Waals surface area contributed by atoms with Crippen LogP contribution in [0.25, 0.3) is 0 Å². The van der Waals surface area contributed by atoms with Crippen LogP contribution in [-0.2, 0) is 6.54 Å². The maximum Gasteiger partial charge on any atom is 0.0351 e. The van der Waals surface area contributed by atoms with Gasteiger partial charge in [0.25, 0.3) is 0 Å². The second kappa shape index (κ2) is 5.70. The molecule has 0 aromatic heterocycles. The van der Waals surface area contributed by atoms with Crippen LogP contribution in [0, 0.1) is 0 Å². The van der Waals surface area contributed by atoms with Crippen LogP contribution in [0.5, 0.6) is 0 Å². The molecule has 2 fully saturated rings. The fourth-order valence-electron chi connectivity index (χ4n) is 2.80. The van der Waals surface area contributed by atoms with Crippen LogP contribution >= 0.6 is 15.9 Å². The molecule has 0 radical (unpaired) electrons. The molecule has 0 unspecified atom stereocenters. The highest BCUT2D eigenvalue weighted by molar-refractivity contribution is 9.10. The van der Waals surface area contributed by atoms with Gasteiger partial charge in [-0.05, 0) is 17.7 Å². The largest absolute Gasteiger partial charge is 0.314 e. The minimum Gasteiger partial charge on any atom is -0.314 e. The molecule has 2 saturated heterocycles. The summed E-state index contributed by atoms with van der Waals surface area (Å²) in [5.74, 6) is 0. The number of benzene rings is 1. The van der Waals surface area contributed by atoms with Crippen molar-refractivity contribution >= 4 is 15.9 Å². The molecule has 1 aromatic carbocycles. The van der Waals surface area contributed by atoms with E-state index in [4.69, 9.17) is 0 Å². The van der Waals surface area contributed by atoms with E-state index in [1.807, 2.05) is 0 Å². The van der Waals surface area contributed by atoms with Crippen molar-refractivity contribution in [2.45, 2.75) is 12.6 Å². The Morgan fingerprint density at radius 3 is 2.44 bits per heavy atom. The van der Waals surface area contributed by atoms with E-state index in [1.165, 1.54) is 31.7 Å². The van der Waals surface area contributed by atoms with Crippen LogP contribution in [0.4, 0.5) is 0 Å². The number of halogens is 1. The van der Waals surface area contributed by atoms with E-state index in [9.17, 15) is 0 Å². The van der Waals surface area contributed by atoms with Gasteiger partial charge in [-0.25, -0.2) is 0 Å². The zero-order valence-electron chi connectivity index (χ0n) is 10.6. The Morgan fingerprint density at radius 1 is 1.11 bits per heavy atom. The zero-order valence-corrected chi connectivity index (χ0v) is 12.2. The molecule has 18 heavy (non-hydrogen) atoms. The van der Waals surface area contributed by atoms with E-state index in [2.05, 4.69) is 55.3 Å². The smallest absolute Gasteiger partial charge is 0.0351 e. The van der Waals surface area contributed by atoms with Gasteiger partial charge in [0.15, 0.2) is 0 Å². The highest BCUT2D eigenvalue weighted by Crippen LogP contribution is 2.19. The van der Waals surface area contributed by atoms with E-state index in [-0.39, 0.29) is 0 Å². The molecule has 1 N–H and O–H groups in total. The van der Waals surface area contributed by atoms with Crippen LogP contribution in [0.2, 0.25) is 0 Å². The lowest BCUT2D eigenvalue weighted by atomic mass is 10.0. The summed E-state index contributed by atoms with van der Waals surface area (Å²) in [6, 6.07) is 9.47. The first-order chi connectivity index (χ1) is 8.81. The minimum absolute atomic E-state index is 0.794. The molecule has 2 heterocycles. The third-order valence-electron chi connectivity index (χ3n) is 3.93. The first-order valence-corrected chi connectivity index (χ1v) is 7.52. The van der Waals surface area contributed by atoms with Gasteiger partial charge in [0.1, 0.15) is 0 Å².